The van der Waals surface area contributed by atoms with Crippen molar-refractivity contribution in [2.45, 2.75) is 6.61 Å². The zero-order valence-corrected chi connectivity index (χ0v) is 14.8. The molecule has 0 spiro atoms. The standard InChI is InChI=1S/C17H12Cl2N6O/c18-13-2-1-11(16(19)7-13)10-26-15-5-3-14(4-6-15)21-9-12(8-20)17-22-24-25-23-17/h1-7,9,21H,10H2,(H,22,23,24,25). The summed E-state index contributed by atoms with van der Waals surface area (Å²) in [7, 11) is 0. The Morgan fingerprint density at radius 2 is 2.04 bits per heavy atom. The van der Waals surface area contributed by atoms with E-state index in [1.165, 1.54) is 6.20 Å². The van der Waals surface area contributed by atoms with Crippen molar-refractivity contribution in [3.05, 3.63) is 70.1 Å². The number of H-pyrrole nitrogens is 1. The Labute approximate surface area is 159 Å². The van der Waals surface area contributed by atoms with E-state index in [2.05, 4.69) is 25.9 Å². The number of rotatable bonds is 6. The third kappa shape index (κ3) is 4.51. The molecule has 0 saturated heterocycles. The summed E-state index contributed by atoms with van der Waals surface area (Å²) in [5, 5.41) is 26.5. The quantitative estimate of drug-likeness (QED) is 0.619. The summed E-state index contributed by atoms with van der Waals surface area (Å²) in [6, 6.07) is 14.5. The number of aromatic amines is 1. The van der Waals surface area contributed by atoms with E-state index in [1.54, 1.807) is 24.3 Å². The Morgan fingerprint density at radius 3 is 2.69 bits per heavy atom. The highest BCUT2D eigenvalue weighted by Gasteiger charge is 2.06. The summed E-state index contributed by atoms with van der Waals surface area (Å²) in [4.78, 5) is 0. The molecular weight excluding hydrogens is 375 g/mol. The molecule has 2 N–H and O–H groups in total. The van der Waals surface area contributed by atoms with Gasteiger partial charge in [-0.1, -0.05) is 29.3 Å². The Kier molecular flexibility index (Phi) is 5.69. The van der Waals surface area contributed by atoms with Gasteiger partial charge in [-0.05, 0) is 41.6 Å². The molecule has 0 saturated carbocycles. The van der Waals surface area contributed by atoms with Gasteiger partial charge in [0.1, 0.15) is 24.0 Å². The van der Waals surface area contributed by atoms with Crippen LogP contribution < -0.4 is 10.1 Å². The van der Waals surface area contributed by atoms with E-state index < -0.39 is 0 Å². The van der Waals surface area contributed by atoms with Crippen molar-refractivity contribution in [2.24, 2.45) is 0 Å². The summed E-state index contributed by atoms with van der Waals surface area (Å²) >= 11 is 12.0. The molecule has 0 aliphatic rings. The minimum Gasteiger partial charge on any atom is -0.489 e. The van der Waals surface area contributed by atoms with Gasteiger partial charge in [0.25, 0.3) is 0 Å². The molecule has 0 amide bonds. The Hall–Kier alpha value is -3.08. The van der Waals surface area contributed by atoms with E-state index in [1.807, 2.05) is 24.3 Å². The monoisotopic (exact) mass is 386 g/mol. The first kappa shape index (κ1) is 17.7. The number of nitrogens with zero attached hydrogens (tertiary/aromatic N) is 4. The smallest absolute Gasteiger partial charge is 0.216 e. The maximum Gasteiger partial charge on any atom is 0.216 e. The van der Waals surface area contributed by atoms with Gasteiger partial charge in [0, 0.05) is 27.5 Å². The van der Waals surface area contributed by atoms with E-state index in [4.69, 9.17) is 33.2 Å². The third-order valence-electron chi connectivity index (χ3n) is 3.35. The van der Waals surface area contributed by atoms with Gasteiger partial charge in [-0.3, -0.25) is 0 Å². The topological polar surface area (TPSA) is 99.5 Å². The van der Waals surface area contributed by atoms with Gasteiger partial charge in [0.2, 0.25) is 5.82 Å². The van der Waals surface area contributed by atoms with Crippen LogP contribution in [0.1, 0.15) is 11.4 Å². The molecule has 3 rings (SSSR count). The van der Waals surface area contributed by atoms with Gasteiger partial charge in [-0.25, -0.2) is 0 Å². The molecular formula is C17H12Cl2N6O. The summed E-state index contributed by atoms with van der Waals surface area (Å²) in [6.45, 7) is 0.332. The van der Waals surface area contributed by atoms with Crippen LogP contribution in [-0.4, -0.2) is 20.6 Å². The summed E-state index contributed by atoms with van der Waals surface area (Å²) < 4.78 is 5.72. The molecule has 0 fully saturated rings. The van der Waals surface area contributed by atoms with Crippen LogP contribution in [0.15, 0.2) is 48.7 Å². The number of ether oxygens (including phenoxy) is 1. The van der Waals surface area contributed by atoms with Crippen LogP contribution >= 0.6 is 23.2 Å². The zero-order valence-electron chi connectivity index (χ0n) is 13.3. The number of allylic oxidation sites excluding steroid dienone is 1. The van der Waals surface area contributed by atoms with Crippen LogP contribution in [0.2, 0.25) is 10.0 Å². The van der Waals surface area contributed by atoms with Crippen LogP contribution in [0, 0.1) is 11.3 Å². The first-order valence-electron chi connectivity index (χ1n) is 7.43. The van der Waals surface area contributed by atoms with Crippen LogP contribution in [0.4, 0.5) is 5.69 Å². The van der Waals surface area contributed by atoms with E-state index in [-0.39, 0.29) is 11.4 Å². The highest BCUT2D eigenvalue weighted by molar-refractivity contribution is 6.35. The predicted molar refractivity (Wildman–Crippen MR) is 98.6 cm³/mol. The van der Waals surface area contributed by atoms with Crippen LogP contribution in [0.3, 0.4) is 0 Å². The van der Waals surface area contributed by atoms with Gasteiger partial charge in [0.05, 0.1) is 0 Å². The SMILES string of the molecule is N#CC(=CNc1ccc(OCc2ccc(Cl)cc2Cl)cc1)c1nn[nH]n1. The zero-order chi connectivity index (χ0) is 18.4. The van der Waals surface area contributed by atoms with Gasteiger partial charge < -0.3 is 10.1 Å². The minimum absolute atomic E-state index is 0.222. The first-order valence-corrected chi connectivity index (χ1v) is 8.19. The van der Waals surface area contributed by atoms with Crippen molar-refractivity contribution in [3.63, 3.8) is 0 Å². The van der Waals surface area contributed by atoms with Crippen LogP contribution in [0.25, 0.3) is 5.57 Å². The molecule has 0 aliphatic heterocycles. The van der Waals surface area contributed by atoms with Gasteiger partial charge in [-0.15, -0.1) is 10.2 Å². The second-order valence-corrected chi connectivity index (χ2v) is 5.94. The number of anilines is 1. The molecule has 2 aromatic carbocycles. The fraction of sp³-hybridized carbons (Fsp3) is 0.0588. The number of halogens is 2. The van der Waals surface area contributed by atoms with E-state index >= 15 is 0 Å². The average Bonchev–Trinajstić information content (AvgIpc) is 3.17. The lowest BCUT2D eigenvalue weighted by Gasteiger charge is -2.09. The molecule has 0 radical (unpaired) electrons. The number of nitriles is 1. The van der Waals surface area contributed by atoms with Crippen molar-refractivity contribution >= 4 is 34.5 Å². The number of tetrazole rings is 1. The Morgan fingerprint density at radius 1 is 1.23 bits per heavy atom. The molecule has 7 nitrogen and oxygen atoms in total. The maximum absolute atomic E-state index is 9.12. The van der Waals surface area contributed by atoms with Crippen molar-refractivity contribution in [3.8, 4) is 11.8 Å². The number of hydrogen-bond donors (Lipinski definition) is 2. The highest BCUT2D eigenvalue weighted by Crippen LogP contribution is 2.23. The number of benzene rings is 2. The lowest BCUT2D eigenvalue weighted by atomic mass is 10.2. The molecule has 1 aromatic heterocycles. The van der Waals surface area contributed by atoms with E-state index in [0.29, 0.717) is 22.4 Å². The molecule has 0 bridgehead atoms. The van der Waals surface area contributed by atoms with Crippen LogP contribution in [-0.2, 0) is 6.61 Å². The summed E-state index contributed by atoms with van der Waals surface area (Å²) in [5.41, 5.74) is 1.88. The maximum atomic E-state index is 9.12. The second kappa shape index (κ2) is 8.34. The van der Waals surface area contributed by atoms with E-state index in [0.717, 1.165) is 11.3 Å². The lowest BCUT2D eigenvalue weighted by Crippen LogP contribution is -1.97. The average molecular weight is 387 g/mol. The lowest BCUT2D eigenvalue weighted by molar-refractivity contribution is 0.306. The van der Waals surface area contributed by atoms with Crippen molar-refractivity contribution in [1.29, 1.82) is 5.26 Å². The van der Waals surface area contributed by atoms with Gasteiger partial charge >= 0.3 is 0 Å². The molecule has 1 heterocycles. The molecule has 3 aromatic rings. The number of aromatic nitrogens is 4. The van der Waals surface area contributed by atoms with Crippen molar-refractivity contribution < 1.29 is 4.74 Å². The third-order valence-corrected chi connectivity index (χ3v) is 3.94. The van der Waals surface area contributed by atoms with Crippen molar-refractivity contribution in [2.75, 3.05) is 5.32 Å². The summed E-state index contributed by atoms with van der Waals surface area (Å²) in [6.07, 6.45) is 1.51. The fourth-order valence-corrected chi connectivity index (χ4v) is 2.49. The summed E-state index contributed by atoms with van der Waals surface area (Å²) in [5.74, 6) is 0.906. The van der Waals surface area contributed by atoms with Crippen LogP contribution in [0.5, 0.6) is 5.75 Å². The fourth-order valence-electron chi connectivity index (χ4n) is 2.03. The molecule has 0 aliphatic carbocycles. The largest absolute Gasteiger partial charge is 0.489 e. The van der Waals surface area contributed by atoms with Gasteiger partial charge in [0.15, 0.2) is 0 Å². The predicted octanol–water partition coefficient (Wildman–Crippen LogP) is 4.06. The second-order valence-electron chi connectivity index (χ2n) is 5.10. The first-order chi connectivity index (χ1) is 12.7. The number of hydrogen-bond acceptors (Lipinski definition) is 6. The van der Waals surface area contributed by atoms with Gasteiger partial charge in [-0.2, -0.15) is 10.5 Å². The highest BCUT2D eigenvalue weighted by atomic mass is 35.5. The normalized spacial score (nSPS) is 11.0. The Bertz CT molecular complexity index is 948. The molecule has 0 atom stereocenters. The van der Waals surface area contributed by atoms with E-state index in [9.17, 15) is 0 Å². The Balaban J connectivity index is 1.61. The minimum atomic E-state index is 0.222. The number of nitrogens with one attached hydrogen (secondary N) is 2. The molecule has 9 heteroatoms. The molecule has 26 heavy (non-hydrogen) atoms. The molecule has 130 valence electrons. The molecule has 0 unspecified atom stereocenters. The van der Waals surface area contributed by atoms with Crippen molar-refractivity contribution in [1.82, 2.24) is 20.6 Å².